The van der Waals surface area contributed by atoms with Gasteiger partial charge >= 0.3 is 0 Å². The average Bonchev–Trinajstić information content (AvgIpc) is 2.49. The zero-order valence-electron chi connectivity index (χ0n) is 11.7. The molecule has 0 aliphatic heterocycles. The van der Waals surface area contributed by atoms with Crippen LogP contribution in [0.2, 0.25) is 5.02 Å². The van der Waals surface area contributed by atoms with E-state index in [2.05, 4.69) is 5.32 Å². The number of carbonyl (C=O) groups is 1. The molecule has 0 saturated heterocycles. The summed E-state index contributed by atoms with van der Waals surface area (Å²) in [5.74, 6) is 0.544. The van der Waals surface area contributed by atoms with Crippen LogP contribution in [0.4, 0.5) is 11.4 Å². The number of carbonyl (C=O) groups excluding carboxylic acids is 1. The molecular weight excluding hydrogens is 288 g/mol. The van der Waals surface area contributed by atoms with Crippen LogP contribution in [0.3, 0.4) is 0 Å². The molecule has 0 aliphatic carbocycles. The second-order valence-corrected chi connectivity index (χ2v) is 4.97. The Kier molecular flexibility index (Phi) is 5.06. The Labute approximate surface area is 128 Å². The molecule has 2 rings (SSSR count). The Bertz CT molecular complexity index is 627. The first-order valence-corrected chi connectivity index (χ1v) is 7.07. The fourth-order valence-electron chi connectivity index (χ4n) is 1.75. The Hall–Kier alpha value is -2.20. The van der Waals surface area contributed by atoms with Gasteiger partial charge < -0.3 is 15.8 Å². The van der Waals surface area contributed by atoms with Crippen LogP contribution in [-0.4, -0.2) is 12.5 Å². The summed E-state index contributed by atoms with van der Waals surface area (Å²) < 4.78 is 5.47. The molecular formula is C16H17ClN2O2. The van der Waals surface area contributed by atoms with Gasteiger partial charge in [0.2, 0.25) is 0 Å². The molecule has 0 unspecified atom stereocenters. The van der Waals surface area contributed by atoms with Crippen molar-refractivity contribution in [2.75, 3.05) is 17.7 Å². The van der Waals surface area contributed by atoms with Crippen LogP contribution in [0.15, 0.2) is 42.5 Å². The zero-order valence-corrected chi connectivity index (χ0v) is 12.5. The van der Waals surface area contributed by atoms with Gasteiger partial charge in [-0.05, 0) is 48.9 Å². The third-order valence-electron chi connectivity index (χ3n) is 2.84. The highest BCUT2D eigenvalue weighted by atomic mass is 35.5. The molecule has 0 radical (unpaired) electrons. The smallest absolute Gasteiger partial charge is 0.255 e. The summed E-state index contributed by atoms with van der Waals surface area (Å²) in [5, 5.41) is 3.23. The highest BCUT2D eigenvalue weighted by Gasteiger charge is 2.07. The number of hydrogen-bond donors (Lipinski definition) is 2. The molecule has 0 aromatic heterocycles. The fraction of sp³-hybridized carbons (Fsp3) is 0.188. The first-order valence-electron chi connectivity index (χ1n) is 6.69. The van der Waals surface area contributed by atoms with E-state index >= 15 is 0 Å². The topological polar surface area (TPSA) is 64.3 Å². The first-order chi connectivity index (χ1) is 10.1. The quantitative estimate of drug-likeness (QED) is 0.822. The van der Waals surface area contributed by atoms with Crippen molar-refractivity contribution in [3.05, 3.63) is 53.1 Å². The molecule has 0 bridgehead atoms. The second kappa shape index (κ2) is 6.99. The number of halogens is 1. The number of nitrogen functional groups attached to an aromatic ring is 1. The lowest BCUT2D eigenvalue weighted by Gasteiger charge is -2.08. The van der Waals surface area contributed by atoms with Crippen molar-refractivity contribution in [3.8, 4) is 5.75 Å². The Morgan fingerprint density at radius 3 is 2.57 bits per heavy atom. The summed E-state index contributed by atoms with van der Waals surface area (Å²) in [6.07, 6.45) is 0.945. The van der Waals surface area contributed by atoms with E-state index in [4.69, 9.17) is 22.1 Å². The Morgan fingerprint density at radius 2 is 1.95 bits per heavy atom. The molecule has 21 heavy (non-hydrogen) atoms. The number of amides is 1. The molecule has 0 fully saturated rings. The molecule has 1 amide bonds. The van der Waals surface area contributed by atoms with E-state index in [0.717, 1.165) is 12.2 Å². The van der Waals surface area contributed by atoms with E-state index in [-0.39, 0.29) is 5.91 Å². The van der Waals surface area contributed by atoms with Gasteiger partial charge in [0.05, 0.1) is 17.3 Å². The normalized spacial score (nSPS) is 10.2. The molecule has 0 saturated carbocycles. The maximum Gasteiger partial charge on any atom is 0.255 e. The fourth-order valence-corrected chi connectivity index (χ4v) is 1.86. The van der Waals surface area contributed by atoms with Crippen molar-refractivity contribution in [3.63, 3.8) is 0 Å². The van der Waals surface area contributed by atoms with E-state index in [0.29, 0.717) is 28.6 Å². The molecule has 0 heterocycles. The van der Waals surface area contributed by atoms with Gasteiger partial charge in [0.15, 0.2) is 0 Å². The van der Waals surface area contributed by atoms with Gasteiger partial charge in [0, 0.05) is 11.3 Å². The SMILES string of the molecule is CCCOc1ccc(C(=O)Nc2ccc(Cl)c(N)c2)cc1. The van der Waals surface area contributed by atoms with Gasteiger partial charge in [0.1, 0.15) is 5.75 Å². The van der Waals surface area contributed by atoms with Crippen LogP contribution >= 0.6 is 11.6 Å². The molecule has 4 nitrogen and oxygen atoms in total. The number of rotatable bonds is 5. The Morgan fingerprint density at radius 1 is 1.24 bits per heavy atom. The minimum atomic E-state index is -0.209. The molecule has 5 heteroatoms. The van der Waals surface area contributed by atoms with Crippen LogP contribution in [0.1, 0.15) is 23.7 Å². The van der Waals surface area contributed by atoms with Crippen molar-refractivity contribution in [1.29, 1.82) is 0 Å². The number of nitrogens with two attached hydrogens (primary N) is 1. The largest absolute Gasteiger partial charge is 0.494 e. The van der Waals surface area contributed by atoms with Gasteiger partial charge in [-0.1, -0.05) is 18.5 Å². The highest BCUT2D eigenvalue weighted by molar-refractivity contribution is 6.33. The number of nitrogens with one attached hydrogen (secondary N) is 1. The average molecular weight is 305 g/mol. The maximum absolute atomic E-state index is 12.1. The van der Waals surface area contributed by atoms with Crippen LogP contribution in [0.25, 0.3) is 0 Å². The summed E-state index contributed by atoms with van der Waals surface area (Å²) in [6.45, 7) is 2.70. The van der Waals surface area contributed by atoms with Gasteiger partial charge in [-0.2, -0.15) is 0 Å². The number of benzene rings is 2. The van der Waals surface area contributed by atoms with Gasteiger partial charge in [-0.15, -0.1) is 0 Å². The van der Waals surface area contributed by atoms with Crippen LogP contribution in [-0.2, 0) is 0 Å². The third kappa shape index (κ3) is 4.13. The van der Waals surface area contributed by atoms with Gasteiger partial charge in [0.25, 0.3) is 5.91 Å². The Balaban J connectivity index is 2.04. The van der Waals surface area contributed by atoms with E-state index in [1.165, 1.54) is 0 Å². The summed E-state index contributed by atoms with van der Waals surface area (Å²) in [4.78, 5) is 12.1. The minimum Gasteiger partial charge on any atom is -0.494 e. The molecule has 2 aromatic carbocycles. The monoisotopic (exact) mass is 304 g/mol. The molecule has 0 atom stereocenters. The number of hydrogen-bond acceptors (Lipinski definition) is 3. The van der Waals surface area contributed by atoms with Crippen LogP contribution in [0.5, 0.6) is 5.75 Å². The third-order valence-corrected chi connectivity index (χ3v) is 3.19. The summed E-state index contributed by atoms with van der Waals surface area (Å²) >= 11 is 5.84. The predicted molar refractivity (Wildman–Crippen MR) is 86.0 cm³/mol. The lowest BCUT2D eigenvalue weighted by molar-refractivity contribution is 0.102. The predicted octanol–water partition coefficient (Wildman–Crippen LogP) is 3.96. The van der Waals surface area contributed by atoms with Crippen LogP contribution in [0, 0.1) is 0 Å². The maximum atomic E-state index is 12.1. The molecule has 3 N–H and O–H groups in total. The summed E-state index contributed by atoms with van der Waals surface area (Å²) in [7, 11) is 0. The number of anilines is 2. The second-order valence-electron chi connectivity index (χ2n) is 4.56. The van der Waals surface area contributed by atoms with E-state index in [1.807, 2.05) is 6.92 Å². The van der Waals surface area contributed by atoms with E-state index < -0.39 is 0 Å². The summed E-state index contributed by atoms with van der Waals surface area (Å²) in [6, 6.07) is 12.0. The van der Waals surface area contributed by atoms with Crippen molar-refractivity contribution in [2.24, 2.45) is 0 Å². The highest BCUT2D eigenvalue weighted by Crippen LogP contribution is 2.23. The van der Waals surface area contributed by atoms with Crippen molar-refractivity contribution in [2.45, 2.75) is 13.3 Å². The zero-order chi connectivity index (χ0) is 15.2. The lowest BCUT2D eigenvalue weighted by atomic mass is 10.2. The first kappa shape index (κ1) is 15.2. The standard InChI is InChI=1S/C16H17ClN2O2/c1-2-9-21-13-6-3-11(4-7-13)16(20)19-12-5-8-14(17)15(18)10-12/h3-8,10H,2,9,18H2,1H3,(H,19,20). The number of ether oxygens (including phenoxy) is 1. The van der Waals surface area contributed by atoms with Crippen LogP contribution < -0.4 is 15.8 Å². The molecule has 0 aliphatic rings. The molecule has 0 spiro atoms. The minimum absolute atomic E-state index is 0.209. The van der Waals surface area contributed by atoms with Crippen molar-refractivity contribution >= 4 is 28.9 Å². The van der Waals surface area contributed by atoms with Gasteiger partial charge in [-0.3, -0.25) is 4.79 Å². The van der Waals surface area contributed by atoms with Gasteiger partial charge in [-0.25, -0.2) is 0 Å². The molecule has 2 aromatic rings. The van der Waals surface area contributed by atoms with E-state index in [9.17, 15) is 4.79 Å². The summed E-state index contributed by atoms with van der Waals surface area (Å²) in [5.41, 5.74) is 7.28. The van der Waals surface area contributed by atoms with E-state index in [1.54, 1.807) is 42.5 Å². The lowest BCUT2D eigenvalue weighted by Crippen LogP contribution is -2.12. The van der Waals surface area contributed by atoms with Crippen molar-refractivity contribution in [1.82, 2.24) is 0 Å². The van der Waals surface area contributed by atoms with Crippen molar-refractivity contribution < 1.29 is 9.53 Å². The molecule has 110 valence electrons.